The Bertz CT molecular complexity index is 192. The van der Waals surface area contributed by atoms with E-state index in [1.165, 1.54) is 0 Å². The molecule has 0 spiro atoms. The van der Waals surface area contributed by atoms with Crippen molar-refractivity contribution in [3.63, 3.8) is 0 Å². The van der Waals surface area contributed by atoms with Gasteiger partial charge in [0.15, 0.2) is 0 Å². The third kappa shape index (κ3) is 1530. The SMILES string of the molecule is O=S(=O)(O)O.O=[As](O)(O)O.[Zn]. The molecule has 0 aliphatic carbocycles. The maximum atomic E-state index is 8.94. The molecule has 0 atom stereocenters. The molecule has 0 saturated heterocycles. The van der Waals surface area contributed by atoms with Crippen molar-refractivity contribution in [1.29, 1.82) is 0 Å². The Kier molecular flexibility index (Phi) is 10.1. The van der Waals surface area contributed by atoms with Crippen molar-refractivity contribution in [3.8, 4) is 0 Å². The molecule has 0 amide bonds. The second kappa shape index (κ2) is 6.27. The summed E-state index contributed by atoms with van der Waals surface area (Å²) in [4.78, 5) is 0. The van der Waals surface area contributed by atoms with Gasteiger partial charge in [-0.25, -0.2) is 0 Å². The van der Waals surface area contributed by atoms with E-state index in [9.17, 15) is 0 Å². The summed E-state index contributed by atoms with van der Waals surface area (Å²) in [6, 6.07) is 0. The van der Waals surface area contributed by atoms with Crippen LogP contribution in [-0.2, 0) is 33.6 Å². The van der Waals surface area contributed by atoms with Crippen molar-refractivity contribution in [2.45, 2.75) is 0 Å². The number of rotatable bonds is 0. The minimum Gasteiger partial charge on any atom is 0 e. The normalized spacial score (nSPS) is 10.6. The Morgan fingerprint density at radius 2 is 1.00 bits per heavy atom. The van der Waals surface area contributed by atoms with Gasteiger partial charge in [0.25, 0.3) is 0 Å². The summed E-state index contributed by atoms with van der Waals surface area (Å²) in [6.45, 7) is 0. The summed E-state index contributed by atoms with van der Waals surface area (Å²) >= 11 is -5.12. The van der Waals surface area contributed by atoms with Gasteiger partial charge < -0.3 is 0 Å². The van der Waals surface area contributed by atoms with E-state index in [1.807, 2.05) is 0 Å². The zero-order chi connectivity index (χ0) is 9.00. The predicted molar refractivity (Wildman–Crippen MR) is 27.3 cm³/mol. The quantitative estimate of drug-likeness (QED) is 0.237. The summed E-state index contributed by atoms with van der Waals surface area (Å²) in [7, 11) is -4.67. The van der Waals surface area contributed by atoms with Gasteiger partial charge in [-0.2, -0.15) is 8.42 Å². The second-order valence-electron chi connectivity index (χ2n) is 0.961. The zero-order valence-corrected chi connectivity index (χ0v) is 10.7. The van der Waals surface area contributed by atoms with Crippen LogP contribution in [0.2, 0.25) is 0 Å². The molecule has 0 aliphatic heterocycles. The van der Waals surface area contributed by atoms with Gasteiger partial charge in [0, 0.05) is 19.5 Å². The molecule has 0 bridgehead atoms. The van der Waals surface area contributed by atoms with Gasteiger partial charge in [-0.1, -0.05) is 0 Å². The molecule has 0 aromatic heterocycles. The molecule has 0 unspecified atom stereocenters. The minimum absolute atomic E-state index is 0. The summed E-state index contributed by atoms with van der Waals surface area (Å²) in [6.07, 6.45) is 0. The van der Waals surface area contributed by atoms with Crippen LogP contribution in [0.25, 0.3) is 0 Å². The summed E-state index contributed by atoms with van der Waals surface area (Å²) in [5.74, 6) is 0. The first-order chi connectivity index (χ1) is 4.00. The average molecular weight is 305 g/mol. The van der Waals surface area contributed by atoms with Crippen LogP contribution in [0, 0.1) is 0 Å². The van der Waals surface area contributed by atoms with Crippen molar-refractivity contribution < 1.29 is 53.0 Å². The second-order valence-corrected chi connectivity index (χ2v) is 4.01. The summed E-state index contributed by atoms with van der Waals surface area (Å²) in [5.41, 5.74) is 0. The van der Waals surface area contributed by atoms with E-state index in [1.54, 1.807) is 0 Å². The first kappa shape index (κ1) is 17.7. The van der Waals surface area contributed by atoms with E-state index in [0.29, 0.717) is 0 Å². The summed E-state index contributed by atoms with van der Waals surface area (Å²) in [5, 5.41) is 0. The van der Waals surface area contributed by atoms with Crippen molar-refractivity contribution in [2.24, 2.45) is 0 Å². The third-order valence-corrected chi connectivity index (χ3v) is 0. The molecule has 0 heterocycles. The van der Waals surface area contributed by atoms with Crippen LogP contribution < -0.4 is 0 Å². The first-order valence-electron chi connectivity index (χ1n) is 1.48. The predicted octanol–water partition coefficient (Wildman–Crippen LogP) is -2.83. The fourth-order valence-electron chi connectivity index (χ4n) is 0. The molecular formula is H5AsO8SZn. The molecule has 8 nitrogen and oxygen atoms in total. The standard InChI is InChI=1S/AsH3O4.H2O4S.Zn/c2-1(3,4)5;1-5(2,3)4;/h(H3,2,3,4,5);(H2,1,2,3,4);. The molecule has 0 saturated carbocycles. The maximum absolute atomic E-state index is 8.94. The molecule has 0 rings (SSSR count). The van der Waals surface area contributed by atoms with E-state index in [-0.39, 0.29) is 19.5 Å². The molecule has 0 aliphatic rings. The van der Waals surface area contributed by atoms with Gasteiger partial charge in [-0.3, -0.25) is 9.11 Å². The van der Waals surface area contributed by atoms with Crippen LogP contribution in [0.4, 0.5) is 0 Å². The number of hydrogen-bond donors (Lipinski definition) is 5. The van der Waals surface area contributed by atoms with Gasteiger partial charge in [0.2, 0.25) is 0 Å². The Balaban J connectivity index is -0.000000107. The molecule has 0 aromatic carbocycles. The fourth-order valence-corrected chi connectivity index (χ4v) is 0. The minimum atomic E-state index is -5.12. The Morgan fingerprint density at radius 1 is 1.00 bits per heavy atom. The summed E-state index contributed by atoms with van der Waals surface area (Å²) < 4.78 is 62.3. The van der Waals surface area contributed by atoms with E-state index in [4.69, 9.17) is 33.5 Å². The van der Waals surface area contributed by atoms with Crippen molar-refractivity contribution in [3.05, 3.63) is 0 Å². The topological polar surface area (TPSA) is 152 Å². The van der Waals surface area contributed by atoms with Gasteiger partial charge in [-0.05, 0) is 0 Å². The molecule has 0 fully saturated rings. The Morgan fingerprint density at radius 3 is 1.00 bits per heavy atom. The van der Waals surface area contributed by atoms with Crippen LogP contribution >= 0.6 is 0 Å². The molecule has 66 valence electrons. The van der Waals surface area contributed by atoms with Crippen LogP contribution in [0.3, 0.4) is 0 Å². The maximum Gasteiger partial charge on any atom is 0 e. The van der Waals surface area contributed by atoms with Crippen molar-refractivity contribution >= 4 is 24.9 Å². The van der Waals surface area contributed by atoms with Gasteiger partial charge >= 0.3 is 40.9 Å². The fraction of sp³-hybridized carbons (Fsp3) is 0. The largest absolute Gasteiger partial charge is 0 e. The zero-order valence-electron chi connectivity index (χ0n) is 5.02. The van der Waals surface area contributed by atoms with Crippen molar-refractivity contribution in [2.75, 3.05) is 0 Å². The Hall–Kier alpha value is 0.732. The molecule has 0 radical (unpaired) electrons. The average Bonchev–Trinajstić information content (AvgIpc) is 1.12. The van der Waals surface area contributed by atoms with E-state index in [0.717, 1.165) is 0 Å². The molecule has 11 heavy (non-hydrogen) atoms. The van der Waals surface area contributed by atoms with Crippen molar-refractivity contribution in [1.82, 2.24) is 0 Å². The van der Waals surface area contributed by atoms with E-state index < -0.39 is 24.9 Å². The van der Waals surface area contributed by atoms with Crippen LogP contribution in [0.1, 0.15) is 0 Å². The molecular weight excluding hydrogens is 300 g/mol. The third-order valence-electron chi connectivity index (χ3n) is 0. The molecule has 11 heteroatoms. The molecule has 5 N–H and O–H groups in total. The van der Waals surface area contributed by atoms with Gasteiger partial charge in [-0.15, -0.1) is 0 Å². The smallest absolute Gasteiger partial charge is 0 e. The molecule has 0 aromatic rings. The van der Waals surface area contributed by atoms with Crippen LogP contribution in [0.5, 0.6) is 0 Å². The van der Waals surface area contributed by atoms with Gasteiger partial charge in [0.1, 0.15) is 0 Å². The first-order valence-corrected chi connectivity index (χ1v) is 6.16. The Labute approximate surface area is 77.9 Å². The van der Waals surface area contributed by atoms with E-state index >= 15 is 0 Å². The van der Waals surface area contributed by atoms with E-state index in [2.05, 4.69) is 0 Å². The monoisotopic (exact) mass is 304 g/mol. The van der Waals surface area contributed by atoms with Crippen LogP contribution in [0.15, 0.2) is 0 Å². The number of hydrogen-bond acceptors (Lipinski definition) is 3. The van der Waals surface area contributed by atoms with Crippen LogP contribution in [-0.4, -0.2) is 44.3 Å². The van der Waals surface area contributed by atoms with Gasteiger partial charge in [0.05, 0.1) is 0 Å².